The van der Waals surface area contributed by atoms with E-state index < -0.39 is 10.8 Å². The molecule has 0 saturated carbocycles. The maximum Gasteiger partial charge on any atom is 0.191 e. The van der Waals surface area contributed by atoms with E-state index in [4.69, 9.17) is 0 Å². The van der Waals surface area contributed by atoms with E-state index in [1.54, 1.807) is 0 Å². The van der Waals surface area contributed by atoms with Crippen LogP contribution in [0.4, 0.5) is 5.69 Å². The summed E-state index contributed by atoms with van der Waals surface area (Å²) in [6.07, 6.45) is 2.12. The summed E-state index contributed by atoms with van der Waals surface area (Å²) in [5, 5.41) is 16.2. The lowest BCUT2D eigenvalue weighted by Gasteiger charge is -2.35. The molecule has 0 aromatic heterocycles. The van der Waals surface area contributed by atoms with E-state index in [1.807, 2.05) is 52.0 Å². The van der Waals surface area contributed by atoms with E-state index in [0.29, 0.717) is 17.9 Å². The molecular formula is C21H33N5OS. The van der Waals surface area contributed by atoms with Gasteiger partial charge in [-0.2, -0.15) is 5.26 Å². The largest absolute Gasteiger partial charge is 0.368 e. The highest BCUT2D eigenvalue weighted by Crippen LogP contribution is 2.23. The second-order valence-corrected chi connectivity index (χ2v) is 10.3. The molecule has 1 saturated heterocycles. The number of anilines is 1. The Morgan fingerprint density at radius 1 is 1.39 bits per heavy atom. The fraction of sp³-hybridized carbons (Fsp3) is 0.619. The van der Waals surface area contributed by atoms with Gasteiger partial charge in [-0.05, 0) is 52.7 Å². The van der Waals surface area contributed by atoms with Gasteiger partial charge in [0.1, 0.15) is 6.07 Å². The van der Waals surface area contributed by atoms with E-state index in [2.05, 4.69) is 26.6 Å². The number of rotatable bonds is 6. The van der Waals surface area contributed by atoms with Gasteiger partial charge in [0.05, 0.1) is 17.8 Å². The standard InChI is InChI=1S/C21H33N5OS/c1-5-23-20(24-12-14-28(27)21(2,3)4)25-18-10-8-13-26(16-18)19-11-7-6-9-17(19)15-22/h6-7,9,11,18H,5,8,10,12-14,16H2,1-4H3,(H2,23,24,25). The topological polar surface area (TPSA) is 80.5 Å². The maximum absolute atomic E-state index is 12.2. The number of nitrogens with one attached hydrogen (secondary N) is 2. The van der Waals surface area contributed by atoms with Crippen molar-refractivity contribution in [3.05, 3.63) is 29.8 Å². The summed E-state index contributed by atoms with van der Waals surface area (Å²) in [4.78, 5) is 6.90. The van der Waals surface area contributed by atoms with Crippen molar-refractivity contribution in [1.29, 1.82) is 5.26 Å². The molecule has 2 rings (SSSR count). The molecule has 1 aromatic rings. The average Bonchev–Trinajstić information content (AvgIpc) is 2.67. The third-order valence-electron chi connectivity index (χ3n) is 4.70. The molecular weight excluding hydrogens is 370 g/mol. The summed E-state index contributed by atoms with van der Waals surface area (Å²) in [6.45, 7) is 11.1. The predicted octanol–water partition coefficient (Wildman–Crippen LogP) is 2.63. The molecule has 7 heteroatoms. The Labute approximate surface area is 171 Å². The second-order valence-electron chi connectivity index (χ2n) is 7.98. The number of aliphatic imine (C=N–C) groups is 1. The normalized spacial score (nSPS) is 19.0. The number of benzene rings is 1. The third kappa shape index (κ3) is 6.52. The van der Waals surface area contributed by atoms with Gasteiger partial charge in [0, 0.05) is 47.0 Å². The van der Waals surface area contributed by atoms with E-state index in [0.717, 1.165) is 44.1 Å². The SMILES string of the molecule is CCNC(=NCCS(=O)C(C)(C)C)NC1CCCN(c2ccccc2C#N)C1. The zero-order chi connectivity index (χ0) is 20.6. The average molecular weight is 404 g/mol. The van der Waals surface area contributed by atoms with Crippen molar-refractivity contribution in [3.8, 4) is 6.07 Å². The van der Waals surface area contributed by atoms with Crippen LogP contribution in [-0.2, 0) is 10.8 Å². The zero-order valence-corrected chi connectivity index (χ0v) is 18.3. The first-order chi connectivity index (χ1) is 13.3. The molecule has 28 heavy (non-hydrogen) atoms. The van der Waals surface area contributed by atoms with Gasteiger partial charge in [-0.1, -0.05) is 12.1 Å². The van der Waals surface area contributed by atoms with Crippen LogP contribution in [0.25, 0.3) is 0 Å². The van der Waals surface area contributed by atoms with Crippen molar-refractivity contribution in [2.45, 2.75) is 51.3 Å². The number of para-hydroxylation sites is 1. The molecule has 154 valence electrons. The van der Waals surface area contributed by atoms with Crippen LogP contribution < -0.4 is 15.5 Å². The quantitative estimate of drug-likeness (QED) is 0.564. The summed E-state index contributed by atoms with van der Waals surface area (Å²) < 4.78 is 12.0. The fourth-order valence-electron chi connectivity index (χ4n) is 3.22. The lowest BCUT2D eigenvalue weighted by molar-refractivity contribution is 0.468. The van der Waals surface area contributed by atoms with Crippen molar-refractivity contribution in [2.75, 3.05) is 36.8 Å². The minimum atomic E-state index is -0.900. The molecule has 0 amide bonds. The van der Waals surface area contributed by atoms with Crippen LogP contribution in [0.15, 0.2) is 29.3 Å². The molecule has 2 N–H and O–H groups in total. The Balaban J connectivity index is 1.99. The highest BCUT2D eigenvalue weighted by atomic mass is 32.2. The highest BCUT2D eigenvalue weighted by Gasteiger charge is 2.23. The lowest BCUT2D eigenvalue weighted by atomic mass is 10.0. The van der Waals surface area contributed by atoms with E-state index in [1.165, 1.54) is 0 Å². The van der Waals surface area contributed by atoms with Crippen LogP contribution in [0.1, 0.15) is 46.1 Å². The minimum Gasteiger partial charge on any atom is -0.368 e. The van der Waals surface area contributed by atoms with Crippen molar-refractivity contribution < 1.29 is 4.21 Å². The van der Waals surface area contributed by atoms with Gasteiger partial charge >= 0.3 is 0 Å². The van der Waals surface area contributed by atoms with Crippen LogP contribution in [0, 0.1) is 11.3 Å². The fourth-order valence-corrected chi connectivity index (χ4v) is 4.09. The monoisotopic (exact) mass is 403 g/mol. The number of hydrogen-bond acceptors (Lipinski definition) is 4. The van der Waals surface area contributed by atoms with Crippen LogP contribution in [-0.4, -0.2) is 52.9 Å². The molecule has 2 unspecified atom stereocenters. The molecule has 1 fully saturated rings. The van der Waals surface area contributed by atoms with Gasteiger partial charge in [-0.3, -0.25) is 9.20 Å². The second kappa shape index (κ2) is 10.5. The number of hydrogen-bond donors (Lipinski definition) is 2. The summed E-state index contributed by atoms with van der Waals surface area (Å²) in [7, 11) is -0.900. The minimum absolute atomic E-state index is 0.209. The number of nitriles is 1. The molecule has 2 atom stereocenters. The predicted molar refractivity (Wildman–Crippen MR) is 118 cm³/mol. The molecule has 1 heterocycles. The summed E-state index contributed by atoms with van der Waals surface area (Å²) in [6, 6.07) is 10.3. The lowest BCUT2D eigenvalue weighted by Crippen LogP contribution is -2.51. The molecule has 0 bridgehead atoms. The van der Waals surface area contributed by atoms with E-state index in [-0.39, 0.29) is 10.8 Å². The van der Waals surface area contributed by atoms with E-state index >= 15 is 0 Å². The zero-order valence-electron chi connectivity index (χ0n) is 17.5. The molecule has 1 aliphatic heterocycles. The first-order valence-corrected chi connectivity index (χ1v) is 11.3. The highest BCUT2D eigenvalue weighted by molar-refractivity contribution is 7.86. The summed E-state index contributed by atoms with van der Waals surface area (Å²) in [5.41, 5.74) is 1.72. The Hall–Kier alpha value is -2.07. The Bertz CT molecular complexity index is 735. The Morgan fingerprint density at radius 2 is 2.14 bits per heavy atom. The van der Waals surface area contributed by atoms with Gasteiger partial charge in [0.25, 0.3) is 0 Å². The molecule has 6 nitrogen and oxygen atoms in total. The van der Waals surface area contributed by atoms with Crippen LogP contribution in [0.3, 0.4) is 0 Å². The van der Waals surface area contributed by atoms with Gasteiger partial charge in [-0.25, -0.2) is 0 Å². The Kier molecular flexibility index (Phi) is 8.31. The Morgan fingerprint density at radius 3 is 2.82 bits per heavy atom. The van der Waals surface area contributed by atoms with Crippen molar-refractivity contribution in [2.24, 2.45) is 4.99 Å². The third-order valence-corrected chi connectivity index (χ3v) is 6.62. The molecule has 0 radical (unpaired) electrons. The van der Waals surface area contributed by atoms with Gasteiger partial charge in [0.2, 0.25) is 0 Å². The molecule has 0 aliphatic carbocycles. The number of nitrogens with zero attached hydrogens (tertiary/aromatic N) is 3. The van der Waals surface area contributed by atoms with Crippen LogP contribution in [0.5, 0.6) is 0 Å². The van der Waals surface area contributed by atoms with Crippen molar-refractivity contribution in [3.63, 3.8) is 0 Å². The van der Waals surface area contributed by atoms with Crippen LogP contribution in [0.2, 0.25) is 0 Å². The van der Waals surface area contributed by atoms with Gasteiger partial charge < -0.3 is 15.5 Å². The van der Waals surface area contributed by atoms with Gasteiger partial charge in [0.15, 0.2) is 5.96 Å². The summed E-state index contributed by atoms with van der Waals surface area (Å²) in [5.74, 6) is 1.33. The molecule has 0 spiro atoms. The number of guanidine groups is 1. The molecule has 1 aromatic carbocycles. The van der Waals surface area contributed by atoms with Crippen molar-refractivity contribution >= 4 is 22.4 Å². The molecule has 1 aliphatic rings. The number of piperidine rings is 1. The van der Waals surface area contributed by atoms with Crippen molar-refractivity contribution in [1.82, 2.24) is 10.6 Å². The van der Waals surface area contributed by atoms with E-state index in [9.17, 15) is 9.47 Å². The smallest absolute Gasteiger partial charge is 0.191 e. The maximum atomic E-state index is 12.2. The first kappa shape index (κ1) is 22.2. The first-order valence-electron chi connectivity index (χ1n) is 10.0. The van der Waals surface area contributed by atoms with Gasteiger partial charge in [-0.15, -0.1) is 0 Å². The summed E-state index contributed by atoms with van der Waals surface area (Å²) >= 11 is 0. The van der Waals surface area contributed by atoms with Crippen LogP contribution >= 0.6 is 0 Å².